The number of hydrogen-bond donors (Lipinski definition) is 0. The van der Waals surface area contributed by atoms with Gasteiger partial charge in [-0.3, -0.25) is 0 Å². The number of nitrogens with zero attached hydrogens (tertiary/aromatic N) is 1. The van der Waals surface area contributed by atoms with Crippen molar-refractivity contribution in [3.8, 4) is 11.3 Å². The Morgan fingerprint density at radius 1 is 1.19 bits per heavy atom. The minimum Gasteiger partial charge on any atom is -0.408 e. The Balaban J connectivity index is 2.54. The van der Waals surface area contributed by atoms with Crippen LogP contribution in [0.2, 0.25) is 0 Å². The molecule has 0 aliphatic rings. The highest BCUT2D eigenvalue weighted by Crippen LogP contribution is 2.17. The highest BCUT2D eigenvalue weighted by molar-refractivity contribution is 5.57. The van der Waals surface area contributed by atoms with E-state index in [2.05, 4.69) is 4.98 Å². The third-order valence-corrected chi connectivity index (χ3v) is 2.25. The van der Waals surface area contributed by atoms with E-state index in [4.69, 9.17) is 4.42 Å². The van der Waals surface area contributed by atoms with Gasteiger partial charge in [-0.05, 0) is 0 Å². The van der Waals surface area contributed by atoms with Crippen LogP contribution in [0.5, 0.6) is 0 Å². The lowest BCUT2D eigenvalue weighted by molar-refractivity contribution is 0.416. The van der Waals surface area contributed by atoms with Gasteiger partial charge in [0.1, 0.15) is 0 Å². The molecule has 1 aromatic carbocycles. The summed E-state index contributed by atoms with van der Waals surface area (Å²) >= 11 is 0. The van der Waals surface area contributed by atoms with Gasteiger partial charge in [0.05, 0.1) is 11.8 Å². The van der Waals surface area contributed by atoms with E-state index < -0.39 is 0 Å². The van der Waals surface area contributed by atoms with Gasteiger partial charge in [0.15, 0.2) is 0 Å². The van der Waals surface area contributed by atoms with Gasteiger partial charge in [-0.2, -0.15) is 0 Å². The van der Waals surface area contributed by atoms with Crippen molar-refractivity contribution in [2.24, 2.45) is 0 Å². The van der Waals surface area contributed by atoms with Crippen LogP contribution in [-0.2, 0) is 0 Å². The predicted octanol–water partition coefficient (Wildman–Crippen LogP) is 2.83. The molecule has 0 N–H and O–H groups in total. The molecular formula is C13H13NO2. The Labute approximate surface area is 93.8 Å². The smallest absolute Gasteiger partial charge is 0.339 e. The summed E-state index contributed by atoms with van der Waals surface area (Å²) in [5.41, 5.74) is 1.25. The van der Waals surface area contributed by atoms with Crippen molar-refractivity contribution in [1.29, 1.82) is 0 Å². The van der Waals surface area contributed by atoms with E-state index in [0.29, 0.717) is 11.6 Å². The standard InChI is InChI=1S/C13H13NO2/c1-9(2)13-14-11(8-12(15)16-13)10-6-4-3-5-7-10/h3-9H,1-2H3. The van der Waals surface area contributed by atoms with Gasteiger partial charge in [-0.1, -0.05) is 44.2 Å². The molecule has 0 atom stereocenters. The molecule has 0 saturated heterocycles. The lowest BCUT2D eigenvalue weighted by atomic mass is 10.1. The second-order valence-electron chi connectivity index (χ2n) is 3.92. The normalized spacial score (nSPS) is 10.7. The van der Waals surface area contributed by atoms with Gasteiger partial charge < -0.3 is 4.42 Å². The Morgan fingerprint density at radius 2 is 1.88 bits per heavy atom. The molecule has 0 unspecified atom stereocenters. The van der Waals surface area contributed by atoms with E-state index in [9.17, 15) is 4.79 Å². The van der Waals surface area contributed by atoms with Crippen molar-refractivity contribution in [1.82, 2.24) is 4.98 Å². The van der Waals surface area contributed by atoms with Crippen LogP contribution in [0.1, 0.15) is 25.7 Å². The van der Waals surface area contributed by atoms with Gasteiger partial charge >= 0.3 is 5.63 Å². The maximum atomic E-state index is 11.4. The number of aromatic nitrogens is 1. The Kier molecular flexibility index (Phi) is 2.86. The van der Waals surface area contributed by atoms with E-state index in [1.54, 1.807) is 0 Å². The first-order valence-corrected chi connectivity index (χ1v) is 5.24. The largest absolute Gasteiger partial charge is 0.408 e. The lowest BCUT2D eigenvalue weighted by Gasteiger charge is -2.04. The average molecular weight is 215 g/mol. The van der Waals surface area contributed by atoms with E-state index in [1.165, 1.54) is 6.07 Å². The van der Waals surface area contributed by atoms with E-state index in [0.717, 1.165) is 5.56 Å². The van der Waals surface area contributed by atoms with Crippen LogP contribution in [0.4, 0.5) is 0 Å². The Hall–Kier alpha value is -1.90. The molecule has 16 heavy (non-hydrogen) atoms. The van der Waals surface area contributed by atoms with Crippen LogP contribution in [0.3, 0.4) is 0 Å². The second-order valence-corrected chi connectivity index (χ2v) is 3.92. The van der Waals surface area contributed by atoms with Crippen molar-refractivity contribution >= 4 is 0 Å². The summed E-state index contributed by atoms with van der Waals surface area (Å²) in [4.78, 5) is 15.7. The highest BCUT2D eigenvalue weighted by Gasteiger charge is 2.08. The molecule has 0 saturated carbocycles. The molecule has 2 rings (SSSR count). The van der Waals surface area contributed by atoms with Gasteiger partial charge in [0.2, 0.25) is 5.89 Å². The van der Waals surface area contributed by atoms with Crippen molar-refractivity contribution in [2.75, 3.05) is 0 Å². The van der Waals surface area contributed by atoms with Gasteiger partial charge in [0, 0.05) is 11.5 Å². The zero-order chi connectivity index (χ0) is 11.5. The molecule has 0 radical (unpaired) electrons. The quantitative estimate of drug-likeness (QED) is 0.773. The van der Waals surface area contributed by atoms with Crippen molar-refractivity contribution in [3.63, 3.8) is 0 Å². The molecular weight excluding hydrogens is 202 g/mol. The van der Waals surface area contributed by atoms with E-state index >= 15 is 0 Å². The monoisotopic (exact) mass is 215 g/mol. The first-order valence-electron chi connectivity index (χ1n) is 5.24. The van der Waals surface area contributed by atoms with Crippen LogP contribution in [-0.4, -0.2) is 4.98 Å². The molecule has 0 spiro atoms. The molecule has 2 aromatic rings. The molecule has 0 amide bonds. The first-order chi connectivity index (χ1) is 7.66. The number of hydrogen-bond acceptors (Lipinski definition) is 3. The average Bonchev–Trinajstić information content (AvgIpc) is 2.29. The predicted molar refractivity (Wildman–Crippen MR) is 62.3 cm³/mol. The molecule has 1 aromatic heterocycles. The third kappa shape index (κ3) is 2.19. The summed E-state index contributed by atoms with van der Waals surface area (Å²) in [7, 11) is 0. The topological polar surface area (TPSA) is 43.1 Å². The summed E-state index contributed by atoms with van der Waals surface area (Å²) in [5.74, 6) is 0.586. The summed E-state index contributed by atoms with van der Waals surface area (Å²) in [6.45, 7) is 3.89. The molecule has 0 bridgehead atoms. The van der Waals surface area contributed by atoms with E-state index in [-0.39, 0.29) is 11.5 Å². The maximum absolute atomic E-state index is 11.4. The number of rotatable bonds is 2. The molecule has 3 heteroatoms. The lowest BCUT2D eigenvalue weighted by Crippen LogP contribution is -2.05. The third-order valence-electron chi connectivity index (χ3n) is 2.25. The maximum Gasteiger partial charge on any atom is 0.339 e. The van der Waals surface area contributed by atoms with Crippen molar-refractivity contribution in [2.45, 2.75) is 19.8 Å². The van der Waals surface area contributed by atoms with E-state index in [1.807, 2.05) is 44.2 Å². The van der Waals surface area contributed by atoms with Crippen LogP contribution >= 0.6 is 0 Å². The minimum atomic E-state index is -0.349. The fourth-order valence-electron chi connectivity index (χ4n) is 1.42. The summed E-state index contributed by atoms with van der Waals surface area (Å²) in [5, 5.41) is 0. The molecule has 3 nitrogen and oxygen atoms in total. The number of benzene rings is 1. The Bertz CT molecular complexity index is 529. The van der Waals surface area contributed by atoms with Crippen molar-refractivity contribution < 1.29 is 4.42 Å². The molecule has 0 fully saturated rings. The zero-order valence-electron chi connectivity index (χ0n) is 9.31. The first kappa shape index (κ1) is 10.6. The fourth-order valence-corrected chi connectivity index (χ4v) is 1.42. The summed E-state index contributed by atoms with van der Waals surface area (Å²) in [6.07, 6.45) is 0. The fraction of sp³-hybridized carbons (Fsp3) is 0.231. The molecule has 0 aliphatic heterocycles. The zero-order valence-corrected chi connectivity index (χ0v) is 9.31. The van der Waals surface area contributed by atoms with Crippen LogP contribution < -0.4 is 5.63 Å². The summed E-state index contributed by atoms with van der Waals surface area (Å²) in [6, 6.07) is 11.0. The SMILES string of the molecule is CC(C)c1nc(-c2ccccc2)cc(=O)o1. The molecule has 82 valence electrons. The van der Waals surface area contributed by atoms with Gasteiger partial charge in [0.25, 0.3) is 0 Å². The van der Waals surface area contributed by atoms with Crippen LogP contribution in [0, 0.1) is 0 Å². The van der Waals surface area contributed by atoms with Crippen molar-refractivity contribution in [3.05, 3.63) is 52.7 Å². The highest BCUT2D eigenvalue weighted by atomic mass is 16.4. The van der Waals surface area contributed by atoms with Gasteiger partial charge in [-0.15, -0.1) is 0 Å². The van der Waals surface area contributed by atoms with Gasteiger partial charge in [-0.25, -0.2) is 9.78 Å². The molecule has 0 aliphatic carbocycles. The summed E-state index contributed by atoms with van der Waals surface area (Å²) < 4.78 is 5.03. The van der Waals surface area contributed by atoms with Crippen LogP contribution in [0.15, 0.2) is 45.6 Å². The second kappa shape index (κ2) is 4.31. The minimum absolute atomic E-state index is 0.108. The Morgan fingerprint density at radius 3 is 2.50 bits per heavy atom. The van der Waals surface area contributed by atoms with Crippen LogP contribution in [0.25, 0.3) is 11.3 Å². The molecule has 1 heterocycles.